The van der Waals surface area contributed by atoms with Gasteiger partial charge in [0.2, 0.25) is 5.91 Å². The Morgan fingerprint density at radius 1 is 1.29 bits per heavy atom. The fourth-order valence-corrected chi connectivity index (χ4v) is 3.53. The fraction of sp³-hybridized carbons (Fsp3) is 0.750. The molecule has 2 rings (SSSR count). The van der Waals surface area contributed by atoms with Crippen LogP contribution in [0, 0.1) is 13.8 Å². The molecule has 1 saturated heterocycles. The maximum absolute atomic E-state index is 12.9. The lowest BCUT2D eigenvalue weighted by Crippen LogP contribution is -2.56. The molecule has 0 spiro atoms. The van der Waals surface area contributed by atoms with Gasteiger partial charge in [0.25, 0.3) is 0 Å². The Balaban J connectivity index is 2.06. The first kappa shape index (κ1) is 18.8. The summed E-state index contributed by atoms with van der Waals surface area (Å²) in [6, 6.07) is -1.75. The number of aromatic nitrogens is 1. The van der Waals surface area contributed by atoms with Crippen molar-refractivity contribution < 1.29 is 22.5 Å². The summed E-state index contributed by atoms with van der Waals surface area (Å²) >= 11 is 0. The van der Waals surface area contributed by atoms with Crippen LogP contribution in [0.3, 0.4) is 0 Å². The summed E-state index contributed by atoms with van der Waals surface area (Å²) in [4.78, 5) is 14.0. The van der Waals surface area contributed by atoms with Gasteiger partial charge in [-0.3, -0.25) is 9.69 Å². The number of carbonyl (C=O) groups excluding carboxylic acids is 1. The highest BCUT2D eigenvalue weighted by atomic mass is 19.4. The summed E-state index contributed by atoms with van der Waals surface area (Å²) in [7, 11) is 1.44. The van der Waals surface area contributed by atoms with Crippen LogP contribution in [0.4, 0.5) is 13.2 Å². The van der Waals surface area contributed by atoms with E-state index in [0.717, 1.165) is 5.56 Å². The van der Waals surface area contributed by atoms with Crippen molar-refractivity contribution in [2.24, 2.45) is 0 Å². The van der Waals surface area contributed by atoms with Crippen molar-refractivity contribution in [1.82, 2.24) is 15.4 Å². The van der Waals surface area contributed by atoms with Gasteiger partial charge in [-0.15, -0.1) is 0 Å². The number of carbonyl (C=O) groups is 1. The van der Waals surface area contributed by atoms with Crippen LogP contribution in [0.5, 0.6) is 0 Å². The van der Waals surface area contributed by atoms with E-state index in [1.807, 2.05) is 0 Å². The molecule has 0 aliphatic carbocycles. The maximum Gasteiger partial charge on any atom is 0.404 e. The number of amides is 1. The lowest BCUT2D eigenvalue weighted by Gasteiger charge is -2.39. The van der Waals surface area contributed by atoms with Crippen molar-refractivity contribution in [2.45, 2.75) is 64.2 Å². The van der Waals surface area contributed by atoms with Crippen LogP contribution in [0.15, 0.2) is 4.52 Å². The molecule has 24 heavy (non-hydrogen) atoms. The number of piperidine rings is 1. The molecule has 1 N–H and O–H groups in total. The Morgan fingerprint density at radius 3 is 2.38 bits per heavy atom. The first-order chi connectivity index (χ1) is 10.9. The van der Waals surface area contributed by atoms with Gasteiger partial charge in [-0.05, 0) is 47.6 Å². The Hall–Kier alpha value is -1.57. The van der Waals surface area contributed by atoms with Crippen molar-refractivity contribution >= 4 is 5.91 Å². The average molecular weight is 347 g/mol. The van der Waals surface area contributed by atoms with Crippen LogP contribution in [0.25, 0.3) is 0 Å². The lowest BCUT2D eigenvalue weighted by molar-refractivity contribution is -0.188. The summed E-state index contributed by atoms with van der Waals surface area (Å²) in [5.74, 6) is 0.339. The number of halogens is 3. The van der Waals surface area contributed by atoms with Crippen LogP contribution in [0.1, 0.15) is 43.7 Å². The van der Waals surface area contributed by atoms with Gasteiger partial charge in [0.15, 0.2) is 0 Å². The maximum atomic E-state index is 12.9. The van der Waals surface area contributed by atoms with E-state index in [1.54, 1.807) is 27.7 Å². The minimum Gasteiger partial charge on any atom is -0.361 e. The van der Waals surface area contributed by atoms with Crippen molar-refractivity contribution in [3.63, 3.8) is 0 Å². The lowest BCUT2D eigenvalue weighted by atomic mass is 9.82. The number of hydrogen-bond acceptors (Lipinski definition) is 4. The summed E-state index contributed by atoms with van der Waals surface area (Å²) in [5.41, 5.74) is 0.496. The molecule has 0 radical (unpaired) electrons. The van der Waals surface area contributed by atoms with Crippen molar-refractivity contribution in [2.75, 3.05) is 13.6 Å². The van der Waals surface area contributed by atoms with E-state index in [-0.39, 0.29) is 24.9 Å². The molecule has 2 heterocycles. The smallest absolute Gasteiger partial charge is 0.361 e. The van der Waals surface area contributed by atoms with Crippen LogP contribution < -0.4 is 5.32 Å². The molecule has 0 aromatic carbocycles. The number of rotatable bonds is 3. The minimum absolute atomic E-state index is 0.0172. The largest absolute Gasteiger partial charge is 0.404 e. The van der Waals surface area contributed by atoms with E-state index in [4.69, 9.17) is 4.52 Å². The number of nitrogens with one attached hydrogen (secondary N) is 1. The van der Waals surface area contributed by atoms with E-state index in [2.05, 4.69) is 10.5 Å². The van der Waals surface area contributed by atoms with Gasteiger partial charge >= 0.3 is 6.18 Å². The van der Waals surface area contributed by atoms with Gasteiger partial charge < -0.3 is 9.84 Å². The molecular formula is C16H24F3N3O2. The van der Waals surface area contributed by atoms with Crippen molar-refractivity contribution in [3.05, 3.63) is 17.0 Å². The molecule has 2 atom stereocenters. The standard InChI is InChI=1S/C16H24F3N3O2/c1-9-13(10(2)24-21-9)15(3,4)14(23)20-11-6-7-12(16(17,18)19)22(5)8-11/h11-12H,6-8H2,1-5H3,(H,20,23)/t11-,12+/m0/s1. The van der Waals surface area contributed by atoms with Gasteiger partial charge in [-0.1, -0.05) is 5.16 Å². The predicted molar refractivity (Wildman–Crippen MR) is 82.6 cm³/mol. The first-order valence-electron chi connectivity index (χ1n) is 7.96. The highest BCUT2D eigenvalue weighted by molar-refractivity contribution is 5.88. The first-order valence-corrected chi connectivity index (χ1v) is 7.96. The number of likely N-dealkylation sites (tertiary alicyclic amines) is 1. The molecule has 0 bridgehead atoms. The number of alkyl halides is 3. The molecule has 1 fully saturated rings. The second-order valence-electron chi connectivity index (χ2n) is 7.07. The van der Waals surface area contributed by atoms with Crippen molar-refractivity contribution in [3.8, 4) is 0 Å². The average Bonchev–Trinajstić information content (AvgIpc) is 2.77. The van der Waals surface area contributed by atoms with Crippen LogP contribution >= 0.6 is 0 Å². The monoisotopic (exact) mass is 347 g/mol. The summed E-state index contributed by atoms with van der Waals surface area (Å²) in [6.07, 6.45) is -3.95. The fourth-order valence-electron chi connectivity index (χ4n) is 3.53. The molecule has 0 saturated carbocycles. The van der Waals surface area contributed by atoms with E-state index in [9.17, 15) is 18.0 Å². The van der Waals surface area contributed by atoms with Gasteiger partial charge in [0.1, 0.15) is 11.8 Å². The van der Waals surface area contributed by atoms with Crippen LogP contribution in [-0.4, -0.2) is 47.8 Å². The molecule has 1 amide bonds. The highest BCUT2D eigenvalue weighted by Gasteiger charge is 2.45. The Bertz CT molecular complexity index is 591. The molecule has 1 aliphatic heterocycles. The van der Waals surface area contributed by atoms with Gasteiger partial charge in [-0.2, -0.15) is 13.2 Å². The highest BCUT2D eigenvalue weighted by Crippen LogP contribution is 2.32. The molecule has 1 aliphatic rings. The number of likely N-dealkylation sites (N-methyl/N-ethyl adjacent to an activating group) is 1. The van der Waals surface area contributed by atoms with Gasteiger partial charge in [0, 0.05) is 18.2 Å². The third-order valence-corrected chi connectivity index (χ3v) is 4.77. The Morgan fingerprint density at radius 2 is 1.92 bits per heavy atom. The minimum atomic E-state index is -4.24. The molecular weight excluding hydrogens is 323 g/mol. The Labute approximate surface area is 139 Å². The molecule has 8 heteroatoms. The second kappa shape index (κ2) is 6.38. The molecule has 5 nitrogen and oxygen atoms in total. The summed E-state index contributed by atoms with van der Waals surface area (Å²) in [5, 5.41) is 6.76. The zero-order valence-electron chi connectivity index (χ0n) is 14.6. The topological polar surface area (TPSA) is 58.4 Å². The predicted octanol–water partition coefficient (Wildman–Crippen LogP) is 2.71. The summed E-state index contributed by atoms with van der Waals surface area (Å²) in [6.45, 7) is 7.21. The third kappa shape index (κ3) is 3.58. The van der Waals surface area contributed by atoms with Crippen LogP contribution in [0.2, 0.25) is 0 Å². The molecule has 136 valence electrons. The zero-order valence-corrected chi connectivity index (χ0v) is 14.6. The molecule has 1 aromatic rings. The van der Waals surface area contributed by atoms with Gasteiger partial charge in [-0.25, -0.2) is 0 Å². The molecule has 0 unspecified atom stereocenters. The number of hydrogen-bond donors (Lipinski definition) is 1. The second-order valence-corrected chi connectivity index (χ2v) is 7.07. The van der Waals surface area contributed by atoms with E-state index >= 15 is 0 Å². The van der Waals surface area contributed by atoms with Crippen LogP contribution in [-0.2, 0) is 10.2 Å². The van der Waals surface area contributed by atoms with E-state index in [1.165, 1.54) is 11.9 Å². The van der Waals surface area contributed by atoms with Gasteiger partial charge in [0.05, 0.1) is 11.1 Å². The molecule has 1 aromatic heterocycles. The summed E-state index contributed by atoms with van der Waals surface area (Å²) < 4.78 is 43.8. The quantitative estimate of drug-likeness (QED) is 0.913. The van der Waals surface area contributed by atoms with E-state index in [0.29, 0.717) is 17.9 Å². The number of nitrogens with zero attached hydrogens (tertiary/aromatic N) is 2. The normalized spacial score (nSPS) is 23.3. The third-order valence-electron chi connectivity index (χ3n) is 4.77. The Kier molecular flexibility index (Phi) is 4.99. The zero-order chi connectivity index (χ0) is 18.3. The SMILES string of the molecule is Cc1noc(C)c1C(C)(C)C(=O)N[C@H]1CC[C@H](C(F)(F)F)N(C)C1. The van der Waals surface area contributed by atoms with E-state index < -0.39 is 17.6 Å². The number of aryl methyl sites for hydroxylation is 2. The van der Waals surface area contributed by atoms with Crippen molar-refractivity contribution in [1.29, 1.82) is 0 Å².